The number of benzene rings is 3. The largest absolute Gasteiger partial charge is 0.512 e. The van der Waals surface area contributed by atoms with Gasteiger partial charge in [0.25, 0.3) is 0 Å². The van der Waals surface area contributed by atoms with Gasteiger partial charge in [0, 0.05) is 50.0 Å². The van der Waals surface area contributed by atoms with E-state index in [1.165, 1.54) is 17.0 Å². The zero-order valence-corrected chi connectivity index (χ0v) is 27.9. The molecule has 0 aliphatic carbocycles. The van der Waals surface area contributed by atoms with Crippen LogP contribution in [0, 0.1) is 17.9 Å². The average Bonchev–Trinajstić information content (AvgIpc) is 2.94. The molecule has 41 heavy (non-hydrogen) atoms. The second kappa shape index (κ2) is 15.8. The number of pyridine rings is 1. The quantitative estimate of drug-likeness (QED) is 0.0806. The number of rotatable bonds is 9. The van der Waals surface area contributed by atoms with Gasteiger partial charge in [-0.3, -0.25) is 4.79 Å². The normalized spacial score (nSPS) is 11.8. The van der Waals surface area contributed by atoms with Crippen molar-refractivity contribution < 1.29 is 34.7 Å². The van der Waals surface area contributed by atoms with Crippen LogP contribution in [0.3, 0.4) is 0 Å². The molecule has 0 amide bonds. The molecule has 1 radical (unpaired) electrons. The molecule has 5 heteroatoms. The third kappa shape index (κ3) is 8.99. The molecule has 4 aromatic rings. The topological polar surface area (TPSA) is 59.4 Å². The summed E-state index contributed by atoms with van der Waals surface area (Å²) >= 11 is 0. The van der Waals surface area contributed by atoms with Crippen molar-refractivity contribution in [2.75, 3.05) is 0 Å². The maximum absolute atomic E-state index is 11.7. The molecule has 0 spiro atoms. The number of aromatic nitrogens is 1. The standard InChI is InChI=1S/C23H20NO.C13H24O2.Ir/c1-23(2,3)18-8-6-9-19(15-18)25-22-21-17(13-14-24-22)12-11-16-7-4-5-10-20(16)21;1-5-10(6-2)12(14)9-13(15)11(7-3)8-4;/h4-8,10-15H,1-3H3;9-11,14H,5-8H2,1-4H3;/q-1;;/b;12-9-;. The van der Waals surface area contributed by atoms with Crippen LogP contribution >= 0.6 is 0 Å². The Balaban J connectivity index is 0.000000320. The zero-order valence-electron chi connectivity index (χ0n) is 25.5. The molecule has 221 valence electrons. The molecule has 0 unspecified atom stereocenters. The van der Waals surface area contributed by atoms with E-state index in [0.29, 0.717) is 11.6 Å². The third-order valence-electron chi connectivity index (χ3n) is 7.55. The van der Waals surface area contributed by atoms with E-state index < -0.39 is 0 Å². The fraction of sp³-hybridized carbons (Fsp3) is 0.389. The molecular formula is C36H44IrNO3-. The van der Waals surface area contributed by atoms with Crippen LogP contribution in [-0.4, -0.2) is 15.9 Å². The maximum atomic E-state index is 11.7. The Morgan fingerprint density at radius 1 is 0.927 bits per heavy atom. The van der Waals surface area contributed by atoms with Crippen molar-refractivity contribution in [1.82, 2.24) is 4.98 Å². The van der Waals surface area contributed by atoms with Crippen LogP contribution < -0.4 is 4.74 Å². The van der Waals surface area contributed by atoms with Crippen LogP contribution in [0.2, 0.25) is 0 Å². The first-order chi connectivity index (χ1) is 19.1. The summed E-state index contributed by atoms with van der Waals surface area (Å²) in [6.07, 6.45) is 6.70. The molecule has 1 N–H and O–H groups in total. The monoisotopic (exact) mass is 731 g/mol. The molecule has 1 heterocycles. The molecule has 1 aromatic heterocycles. The van der Waals surface area contributed by atoms with Crippen molar-refractivity contribution in [2.24, 2.45) is 11.8 Å². The summed E-state index contributed by atoms with van der Waals surface area (Å²) in [7, 11) is 0. The maximum Gasteiger partial charge on any atom is 0.225 e. The van der Waals surface area contributed by atoms with E-state index in [4.69, 9.17) is 4.74 Å². The Morgan fingerprint density at radius 3 is 2.20 bits per heavy atom. The predicted molar refractivity (Wildman–Crippen MR) is 167 cm³/mol. The van der Waals surface area contributed by atoms with E-state index in [0.717, 1.165) is 41.8 Å². The Hall–Kier alpha value is -3.01. The molecule has 4 nitrogen and oxygen atoms in total. The van der Waals surface area contributed by atoms with Gasteiger partial charge in [0.05, 0.1) is 11.1 Å². The van der Waals surface area contributed by atoms with Gasteiger partial charge in [0.2, 0.25) is 5.88 Å². The molecule has 4 rings (SSSR count). The van der Waals surface area contributed by atoms with Crippen LogP contribution in [0.4, 0.5) is 0 Å². The number of hydrogen-bond donors (Lipinski definition) is 1. The summed E-state index contributed by atoms with van der Waals surface area (Å²) < 4.78 is 6.17. The van der Waals surface area contributed by atoms with Crippen LogP contribution in [0.1, 0.15) is 79.7 Å². The summed E-state index contributed by atoms with van der Waals surface area (Å²) in [5.74, 6) is 1.86. The molecule has 0 bridgehead atoms. The number of nitrogens with zero attached hydrogens (tertiary/aromatic N) is 1. The summed E-state index contributed by atoms with van der Waals surface area (Å²) in [6.45, 7) is 14.6. The van der Waals surface area contributed by atoms with Crippen molar-refractivity contribution >= 4 is 27.3 Å². The Kier molecular flexibility index (Phi) is 13.2. The summed E-state index contributed by atoms with van der Waals surface area (Å²) in [5, 5.41) is 14.2. The first-order valence-electron chi connectivity index (χ1n) is 14.5. The number of carbonyl (C=O) groups is 1. The number of aliphatic hydroxyl groups is 1. The van der Waals surface area contributed by atoms with E-state index in [-0.39, 0.29) is 48.9 Å². The predicted octanol–water partition coefficient (Wildman–Crippen LogP) is 10.1. The van der Waals surface area contributed by atoms with E-state index in [1.54, 1.807) is 6.20 Å². The van der Waals surface area contributed by atoms with Crippen molar-refractivity contribution in [1.29, 1.82) is 0 Å². The molecule has 0 fully saturated rings. The van der Waals surface area contributed by atoms with Gasteiger partial charge in [-0.2, -0.15) is 12.1 Å². The minimum atomic E-state index is 0. The first-order valence-corrected chi connectivity index (χ1v) is 14.5. The summed E-state index contributed by atoms with van der Waals surface area (Å²) in [4.78, 5) is 16.2. The Labute approximate surface area is 259 Å². The van der Waals surface area contributed by atoms with Gasteiger partial charge >= 0.3 is 0 Å². The number of fused-ring (bicyclic) bond motifs is 3. The van der Waals surface area contributed by atoms with Crippen molar-refractivity contribution in [2.45, 2.75) is 79.6 Å². The fourth-order valence-corrected chi connectivity index (χ4v) is 4.85. The fourth-order valence-electron chi connectivity index (χ4n) is 4.85. The second-order valence-electron chi connectivity index (χ2n) is 11.3. The number of ketones is 1. The number of aliphatic hydroxyl groups excluding tert-OH is 1. The zero-order chi connectivity index (χ0) is 29.3. The smallest absolute Gasteiger partial charge is 0.225 e. The molecule has 0 saturated carbocycles. The van der Waals surface area contributed by atoms with Crippen molar-refractivity contribution in [3.8, 4) is 11.6 Å². The van der Waals surface area contributed by atoms with E-state index in [2.05, 4.69) is 62.2 Å². The minimum absolute atomic E-state index is 0. The Morgan fingerprint density at radius 2 is 1.56 bits per heavy atom. The second-order valence-corrected chi connectivity index (χ2v) is 11.3. The van der Waals surface area contributed by atoms with Crippen LogP contribution in [0.5, 0.6) is 11.6 Å². The molecule has 0 aliphatic rings. The molecule has 0 aliphatic heterocycles. The number of allylic oxidation sites excluding steroid dienone is 2. The van der Waals surface area contributed by atoms with Gasteiger partial charge in [-0.05, 0) is 53.3 Å². The first kappa shape index (κ1) is 34.2. The van der Waals surface area contributed by atoms with Gasteiger partial charge in [0.15, 0.2) is 5.78 Å². The van der Waals surface area contributed by atoms with Crippen molar-refractivity contribution in [3.05, 3.63) is 90.3 Å². The van der Waals surface area contributed by atoms with Crippen LogP contribution in [-0.2, 0) is 30.3 Å². The molecule has 0 saturated heterocycles. The van der Waals surface area contributed by atoms with Gasteiger partial charge in [-0.15, -0.1) is 17.7 Å². The SMILES string of the molecule is CC(C)(C)c1cc[c-]c(Oc2nccc3ccc4ccccc4c23)c1.CCC(CC)C(=O)/C=C(\O)C(CC)CC.[Ir]. The van der Waals surface area contributed by atoms with Gasteiger partial charge in [0.1, 0.15) is 0 Å². The number of carbonyl (C=O) groups excluding carboxylic acids is 1. The molecule has 3 aromatic carbocycles. The van der Waals surface area contributed by atoms with Gasteiger partial charge in [-0.1, -0.05) is 84.9 Å². The van der Waals surface area contributed by atoms with E-state index >= 15 is 0 Å². The molecular weight excluding hydrogens is 687 g/mol. The summed E-state index contributed by atoms with van der Waals surface area (Å²) in [6, 6.07) is 23.8. The van der Waals surface area contributed by atoms with Crippen molar-refractivity contribution in [3.63, 3.8) is 0 Å². The van der Waals surface area contributed by atoms with Gasteiger partial charge in [-0.25, -0.2) is 4.98 Å². The average molecular weight is 731 g/mol. The number of ether oxygens (including phenoxy) is 1. The molecule has 0 atom stereocenters. The summed E-state index contributed by atoms with van der Waals surface area (Å²) in [5.41, 5.74) is 1.28. The van der Waals surface area contributed by atoms with Gasteiger partial charge < -0.3 is 9.84 Å². The van der Waals surface area contributed by atoms with Crippen LogP contribution in [0.25, 0.3) is 21.5 Å². The van der Waals surface area contributed by atoms with E-state index in [1.807, 2.05) is 58.0 Å². The number of hydrogen-bond acceptors (Lipinski definition) is 4. The van der Waals surface area contributed by atoms with Crippen LogP contribution in [0.15, 0.2) is 78.7 Å². The van der Waals surface area contributed by atoms with E-state index in [9.17, 15) is 9.90 Å². The third-order valence-corrected chi connectivity index (χ3v) is 7.55. The Bertz CT molecular complexity index is 1450. The minimum Gasteiger partial charge on any atom is -0.512 e.